The molecule has 2 aromatic rings. The van der Waals surface area contributed by atoms with Crippen molar-refractivity contribution in [2.75, 3.05) is 39.8 Å². The van der Waals surface area contributed by atoms with Crippen LogP contribution in [0.2, 0.25) is 0 Å². The molecule has 4 rings (SSSR count). The fourth-order valence-corrected chi connectivity index (χ4v) is 4.54. The zero-order valence-corrected chi connectivity index (χ0v) is 17.6. The Morgan fingerprint density at radius 3 is 2.32 bits per heavy atom. The number of hydrogen-bond acceptors (Lipinski definition) is 3. The van der Waals surface area contributed by atoms with E-state index in [0.29, 0.717) is 32.5 Å². The topological polar surface area (TPSA) is 43.9 Å². The maximum absolute atomic E-state index is 14.0. The molecule has 0 N–H and O–H groups in total. The van der Waals surface area contributed by atoms with E-state index in [1.54, 1.807) is 4.90 Å². The van der Waals surface area contributed by atoms with Gasteiger partial charge < -0.3 is 14.7 Å². The summed E-state index contributed by atoms with van der Waals surface area (Å²) in [6, 6.07) is 13.1. The lowest BCUT2D eigenvalue weighted by Gasteiger charge is -2.43. The molecule has 2 saturated heterocycles. The number of hydrogen-bond donors (Lipinski definition) is 0. The molecule has 0 saturated carbocycles. The summed E-state index contributed by atoms with van der Waals surface area (Å²) in [4.78, 5) is 31.8. The van der Waals surface area contributed by atoms with Gasteiger partial charge in [-0.1, -0.05) is 30.3 Å². The first-order valence-electron chi connectivity index (χ1n) is 10.7. The second-order valence-electron chi connectivity index (χ2n) is 8.41. The first-order valence-corrected chi connectivity index (χ1v) is 10.7. The van der Waals surface area contributed by atoms with Crippen molar-refractivity contribution in [3.05, 3.63) is 71.3 Å². The van der Waals surface area contributed by atoms with Gasteiger partial charge >= 0.3 is 0 Å². The van der Waals surface area contributed by atoms with Gasteiger partial charge in [-0.3, -0.25) is 9.59 Å². The van der Waals surface area contributed by atoms with Crippen LogP contribution >= 0.6 is 0 Å². The van der Waals surface area contributed by atoms with Gasteiger partial charge in [0.25, 0.3) is 5.91 Å². The molecule has 0 bridgehead atoms. The summed E-state index contributed by atoms with van der Waals surface area (Å²) in [7, 11) is 2.07. The van der Waals surface area contributed by atoms with Crippen LogP contribution in [-0.2, 0) is 4.79 Å². The van der Waals surface area contributed by atoms with Crippen LogP contribution in [0.5, 0.6) is 0 Å². The standard InChI is InChI=1S/C24H27F2N3O2/c1-27-13-14-29(22(16-27)17-5-3-2-4-6-17)23(30)18-9-11-28(12-10-18)24(31)20-8-7-19(25)15-21(20)26/h2-8,15,18,22H,9-14,16H2,1H3/t22-/m1/s1. The average Bonchev–Trinajstić information content (AvgIpc) is 2.79. The van der Waals surface area contributed by atoms with E-state index < -0.39 is 17.5 Å². The van der Waals surface area contributed by atoms with Gasteiger partial charge in [0.05, 0.1) is 11.6 Å². The summed E-state index contributed by atoms with van der Waals surface area (Å²) in [5.41, 5.74) is 0.996. The van der Waals surface area contributed by atoms with Crippen molar-refractivity contribution in [1.82, 2.24) is 14.7 Å². The maximum Gasteiger partial charge on any atom is 0.256 e. The molecule has 0 aromatic heterocycles. The Morgan fingerprint density at radius 1 is 0.935 bits per heavy atom. The minimum atomic E-state index is -0.855. The lowest BCUT2D eigenvalue weighted by Crippen LogP contribution is -2.52. The number of amides is 2. The Kier molecular flexibility index (Phi) is 6.32. The minimum absolute atomic E-state index is 0.0143. The van der Waals surface area contributed by atoms with Crippen LogP contribution in [0.1, 0.15) is 34.8 Å². The molecule has 5 nitrogen and oxygen atoms in total. The highest BCUT2D eigenvalue weighted by molar-refractivity contribution is 5.94. The molecule has 2 amide bonds. The van der Waals surface area contributed by atoms with Crippen molar-refractivity contribution >= 4 is 11.8 Å². The van der Waals surface area contributed by atoms with Crippen molar-refractivity contribution in [2.45, 2.75) is 18.9 Å². The highest BCUT2D eigenvalue weighted by Gasteiger charge is 2.36. The zero-order chi connectivity index (χ0) is 22.0. The van der Waals surface area contributed by atoms with E-state index in [9.17, 15) is 18.4 Å². The normalized spacial score (nSPS) is 20.7. The van der Waals surface area contributed by atoms with Gasteiger partial charge in [-0.2, -0.15) is 0 Å². The van der Waals surface area contributed by atoms with Gasteiger partial charge in [-0.15, -0.1) is 0 Å². The van der Waals surface area contributed by atoms with Gasteiger partial charge in [0.2, 0.25) is 5.91 Å². The molecule has 2 aromatic carbocycles. The molecule has 2 aliphatic rings. The number of likely N-dealkylation sites (tertiary alicyclic amines) is 1. The van der Waals surface area contributed by atoms with E-state index >= 15 is 0 Å². The smallest absolute Gasteiger partial charge is 0.256 e. The summed E-state index contributed by atoms with van der Waals surface area (Å²) in [5, 5.41) is 0. The molecule has 31 heavy (non-hydrogen) atoms. The summed E-state index contributed by atoms with van der Waals surface area (Å²) in [5.74, 6) is -2.05. The number of carbonyl (C=O) groups is 2. The van der Waals surface area contributed by atoms with Gasteiger partial charge in [-0.05, 0) is 37.6 Å². The molecule has 0 spiro atoms. The molecule has 0 aliphatic carbocycles. The first-order chi connectivity index (χ1) is 14.9. The van der Waals surface area contributed by atoms with E-state index in [4.69, 9.17) is 0 Å². The summed E-state index contributed by atoms with van der Waals surface area (Å²) in [6.45, 7) is 3.06. The fourth-order valence-electron chi connectivity index (χ4n) is 4.54. The van der Waals surface area contributed by atoms with E-state index in [0.717, 1.165) is 30.8 Å². The lowest BCUT2D eigenvalue weighted by molar-refractivity contribution is -0.142. The van der Waals surface area contributed by atoms with Gasteiger partial charge in [0.1, 0.15) is 11.6 Å². The van der Waals surface area contributed by atoms with Gasteiger partial charge in [0, 0.05) is 44.7 Å². The number of likely N-dealkylation sites (N-methyl/N-ethyl adjacent to an activating group) is 1. The van der Waals surface area contributed by atoms with Crippen molar-refractivity contribution < 1.29 is 18.4 Å². The number of nitrogens with zero attached hydrogens (tertiary/aromatic N) is 3. The molecule has 1 atom stereocenters. The Labute approximate surface area is 181 Å². The van der Waals surface area contributed by atoms with Gasteiger partial charge in [0.15, 0.2) is 0 Å². The van der Waals surface area contributed by atoms with E-state index in [1.807, 2.05) is 23.1 Å². The third-order valence-electron chi connectivity index (χ3n) is 6.34. The third kappa shape index (κ3) is 4.61. The van der Waals surface area contributed by atoms with E-state index in [1.165, 1.54) is 6.07 Å². The predicted octanol–water partition coefficient (Wildman–Crippen LogP) is 3.33. The van der Waals surface area contributed by atoms with Crippen molar-refractivity contribution in [3.63, 3.8) is 0 Å². The van der Waals surface area contributed by atoms with Crippen molar-refractivity contribution in [2.24, 2.45) is 5.92 Å². The molecule has 7 heteroatoms. The SMILES string of the molecule is CN1CCN(C(=O)C2CCN(C(=O)c3ccc(F)cc3F)CC2)[C@@H](c2ccccc2)C1. The highest BCUT2D eigenvalue weighted by Crippen LogP contribution is 2.29. The van der Waals surface area contributed by atoms with E-state index in [-0.39, 0.29) is 23.4 Å². The van der Waals surface area contributed by atoms with Crippen LogP contribution in [-0.4, -0.2) is 66.3 Å². The van der Waals surface area contributed by atoms with Crippen LogP contribution in [0.25, 0.3) is 0 Å². The monoisotopic (exact) mass is 427 g/mol. The fraction of sp³-hybridized carbons (Fsp3) is 0.417. The highest BCUT2D eigenvalue weighted by atomic mass is 19.1. The van der Waals surface area contributed by atoms with Gasteiger partial charge in [-0.25, -0.2) is 8.78 Å². The van der Waals surface area contributed by atoms with Crippen molar-refractivity contribution in [1.29, 1.82) is 0 Å². The molecular weight excluding hydrogens is 400 g/mol. The first kappa shape index (κ1) is 21.4. The zero-order valence-electron chi connectivity index (χ0n) is 17.6. The molecule has 2 heterocycles. The Bertz CT molecular complexity index is 945. The second-order valence-corrected chi connectivity index (χ2v) is 8.41. The third-order valence-corrected chi connectivity index (χ3v) is 6.34. The Hall–Kier alpha value is -2.80. The molecule has 164 valence electrons. The Balaban J connectivity index is 1.42. The van der Waals surface area contributed by atoms with Crippen LogP contribution < -0.4 is 0 Å². The van der Waals surface area contributed by atoms with Crippen LogP contribution in [0.3, 0.4) is 0 Å². The predicted molar refractivity (Wildman–Crippen MR) is 113 cm³/mol. The lowest BCUT2D eigenvalue weighted by atomic mass is 9.92. The van der Waals surface area contributed by atoms with Crippen LogP contribution in [0.4, 0.5) is 8.78 Å². The number of piperazine rings is 1. The van der Waals surface area contributed by atoms with Crippen molar-refractivity contribution in [3.8, 4) is 0 Å². The largest absolute Gasteiger partial charge is 0.339 e. The quantitative estimate of drug-likeness (QED) is 0.755. The number of halogens is 2. The summed E-state index contributed by atoms with van der Waals surface area (Å²) >= 11 is 0. The molecule has 0 unspecified atom stereocenters. The average molecular weight is 427 g/mol. The Morgan fingerprint density at radius 2 is 1.65 bits per heavy atom. The molecule has 2 aliphatic heterocycles. The number of piperidine rings is 1. The second kappa shape index (κ2) is 9.14. The van der Waals surface area contributed by atoms with Crippen LogP contribution in [0, 0.1) is 17.6 Å². The maximum atomic E-state index is 14.0. The summed E-state index contributed by atoms with van der Waals surface area (Å²) in [6.07, 6.45) is 1.09. The summed E-state index contributed by atoms with van der Waals surface area (Å²) < 4.78 is 27.1. The van der Waals surface area contributed by atoms with Crippen LogP contribution in [0.15, 0.2) is 48.5 Å². The molecular formula is C24H27F2N3O2. The number of carbonyl (C=O) groups excluding carboxylic acids is 2. The number of rotatable bonds is 3. The minimum Gasteiger partial charge on any atom is -0.339 e. The number of benzene rings is 2. The molecule has 0 radical (unpaired) electrons. The van der Waals surface area contributed by atoms with E-state index in [2.05, 4.69) is 24.1 Å². The molecule has 2 fully saturated rings.